The number of aldehydes is 1. The van der Waals surface area contributed by atoms with Crippen LogP contribution < -0.4 is 5.32 Å². The fraction of sp³-hybridized carbons (Fsp3) is 0.800. The second-order valence-corrected chi connectivity index (χ2v) is 2.31. The molecule has 1 saturated heterocycles. The van der Waals surface area contributed by atoms with E-state index in [1.54, 1.807) is 0 Å². The van der Waals surface area contributed by atoms with Crippen molar-refractivity contribution in [2.24, 2.45) is 11.8 Å². The summed E-state index contributed by atoms with van der Waals surface area (Å²) in [5.74, 6) is 1.12. The van der Waals surface area contributed by atoms with Crippen LogP contribution in [0.25, 0.3) is 0 Å². The van der Waals surface area contributed by atoms with Crippen LogP contribution in [-0.4, -0.2) is 18.9 Å². The Morgan fingerprint density at radius 1 is 1.71 bits per heavy atom. The van der Waals surface area contributed by atoms with Crippen LogP contribution >= 0.6 is 0 Å². The van der Waals surface area contributed by atoms with Gasteiger partial charge in [-0.3, -0.25) is 0 Å². The summed E-state index contributed by atoms with van der Waals surface area (Å²) in [5.41, 5.74) is 0. The average molecular weight is 97.1 g/mol. The van der Waals surface area contributed by atoms with Crippen molar-refractivity contribution >= 4 is 6.29 Å². The molecule has 3 unspecified atom stereocenters. The van der Waals surface area contributed by atoms with E-state index in [0.29, 0.717) is 12.0 Å². The van der Waals surface area contributed by atoms with Crippen LogP contribution in [0.2, 0.25) is 0 Å². The summed E-state index contributed by atoms with van der Waals surface area (Å²) in [4.78, 5) is 9.99. The Kier molecular flexibility index (Phi) is 0.460. The standard InChI is InChI=1S/C5H7NO/c7-2-4-3-1-6-5(3)4/h2-6H,1H2. The van der Waals surface area contributed by atoms with E-state index in [2.05, 4.69) is 5.32 Å². The van der Waals surface area contributed by atoms with Crippen molar-refractivity contribution in [1.29, 1.82) is 0 Å². The molecule has 2 heteroatoms. The maximum absolute atomic E-state index is 9.99. The molecule has 2 fully saturated rings. The predicted molar refractivity (Wildman–Crippen MR) is 24.8 cm³/mol. The Labute approximate surface area is 41.9 Å². The lowest BCUT2D eigenvalue weighted by Gasteiger charge is -2.08. The molecule has 1 heterocycles. The highest BCUT2D eigenvalue weighted by molar-refractivity contribution is 5.62. The van der Waals surface area contributed by atoms with Gasteiger partial charge in [0.1, 0.15) is 6.29 Å². The lowest BCUT2D eigenvalue weighted by molar-refractivity contribution is -0.109. The van der Waals surface area contributed by atoms with Crippen LogP contribution in [0.15, 0.2) is 0 Å². The lowest BCUT2D eigenvalue weighted by atomic mass is 10.3. The minimum Gasteiger partial charge on any atom is -0.313 e. The number of nitrogens with one attached hydrogen (secondary N) is 1. The summed E-state index contributed by atoms with van der Waals surface area (Å²) in [6.45, 7) is 1.08. The van der Waals surface area contributed by atoms with Crippen molar-refractivity contribution in [3.05, 3.63) is 0 Å². The summed E-state index contributed by atoms with van der Waals surface area (Å²) in [5, 5.41) is 3.15. The highest BCUT2D eigenvalue weighted by atomic mass is 16.1. The smallest absolute Gasteiger partial charge is 0.125 e. The molecule has 2 nitrogen and oxygen atoms in total. The lowest BCUT2D eigenvalue weighted by Crippen LogP contribution is -2.32. The summed E-state index contributed by atoms with van der Waals surface area (Å²) in [6, 6.07) is 0.595. The second-order valence-electron chi connectivity index (χ2n) is 2.31. The molecule has 7 heavy (non-hydrogen) atoms. The molecule has 3 atom stereocenters. The summed E-state index contributed by atoms with van der Waals surface area (Å²) in [7, 11) is 0. The fourth-order valence-electron chi connectivity index (χ4n) is 1.25. The summed E-state index contributed by atoms with van der Waals surface area (Å²) < 4.78 is 0. The zero-order valence-corrected chi connectivity index (χ0v) is 3.92. The van der Waals surface area contributed by atoms with E-state index in [1.807, 2.05) is 0 Å². The third-order valence-corrected chi connectivity index (χ3v) is 1.98. The topological polar surface area (TPSA) is 29.1 Å². The molecular weight excluding hydrogens is 90.1 g/mol. The molecular formula is C5H7NO. The average Bonchev–Trinajstić information content (AvgIpc) is 2.07. The Hall–Kier alpha value is -0.370. The molecule has 38 valence electrons. The van der Waals surface area contributed by atoms with Crippen molar-refractivity contribution in [2.75, 3.05) is 6.54 Å². The molecule has 1 N–H and O–H groups in total. The number of carbonyl (C=O) groups is 1. The maximum Gasteiger partial charge on any atom is 0.125 e. The first kappa shape index (κ1) is 3.61. The van der Waals surface area contributed by atoms with Gasteiger partial charge in [0.05, 0.1) is 0 Å². The van der Waals surface area contributed by atoms with E-state index in [9.17, 15) is 4.79 Å². The van der Waals surface area contributed by atoms with Gasteiger partial charge in [-0.15, -0.1) is 0 Å². The van der Waals surface area contributed by atoms with Crippen LogP contribution in [0.3, 0.4) is 0 Å². The number of hydrogen-bond donors (Lipinski definition) is 1. The molecule has 0 spiro atoms. The van der Waals surface area contributed by atoms with Crippen molar-refractivity contribution in [2.45, 2.75) is 6.04 Å². The van der Waals surface area contributed by atoms with Crippen LogP contribution in [0.1, 0.15) is 0 Å². The van der Waals surface area contributed by atoms with Gasteiger partial charge < -0.3 is 10.1 Å². The van der Waals surface area contributed by atoms with Gasteiger partial charge in [-0.1, -0.05) is 0 Å². The van der Waals surface area contributed by atoms with Crippen molar-refractivity contribution in [3.63, 3.8) is 0 Å². The Morgan fingerprint density at radius 3 is 2.57 bits per heavy atom. The van der Waals surface area contributed by atoms with Crippen molar-refractivity contribution < 1.29 is 4.79 Å². The summed E-state index contributed by atoms with van der Waals surface area (Å²) >= 11 is 0. The molecule has 1 aliphatic heterocycles. The van der Waals surface area contributed by atoms with Gasteiger partial charge in [0.25, 0.3) is 0 Å². The largest absolute Gasteiger partial charge is 0.313 e. The SMILES string of the molecule is O=CC1C2CNC12. The highest BCUT2D eigenvalue weighted by Gasteiger charge is 2.56. The Morgan fingerprint density at radius 2 is 2.43 bits per heavy atom. The van der Waals surface area contributed by atoms with Crippen LogP contribution in [-0.2, 0) is 4.79 Å². The van der Waals surface area contributed by atoms with Crippen molar-refractivity contribution in [1.82, 2.24) is 5.32 Å². The second kappa shape index (κ2) is 0.892. The van der Waals surface area contributed by atoms with E-state index in [1.165, 1.54) is 0 Å². The molecule has 1 saturated carbocycles. The quantitative estimate of drug-likeness (QED) is 0.443. The van der Waals surface area contributed by atoms with Crippen LogP contribution in [0.5, 0.6) is 0 Å². The van der Waals surface area contributed by atoms with Gasteiger partial charge in [-0.2, -0.15) is 0 Å². The minimum atomic E-state index is 0.389. The van der Waals surface area contributed by atoms with E-state index >= 15 is 0 Å². The molecule has 0 aromatic rings. The molecule has 0 aromatic heterocycles. The van der Waals surface area contributed by atoms with Crippen LogP contribution in [0.4, 0.5) is 0 Å². The molecule has 2 aliphatic rings. The van der Waals surface area contributed by atoms with Gasteiger partial charge >= 0.3 is 0 Å². The van der Waals surface area contributed by atoms with Crippen molar-refractivity contribution in [3.8, 4) is 0 Å². The van der Waals surface area contributed by atoms with E-state index < -0.39 is 0 Å². The third-order valence-electron chi connectivity index (χ3n) is 1.98. The maximum atomic E-state index is 9.99. The Bertz CT molecular complexity index is 103. The zero-order chi connectivity index (χ0) is 4.85. The number of hydrogen-bond acceptors (Lipinski definition) is 2. The summed E-state index contributed by atoms with van der Waals surface area (Å²) in [6.07, 6.45) is 1.06. The van der Waals surface area contributed by atoms with Gasteiger partial charge in [0, 0.05) is 18.5 Å². The zero-order valence-electron chi connectivity index (χ0n) is 3.92. The van der Waals surface area contributed by atoms with E-state index in [0.717, 1.165) is 18.7 Å². The van der Waals surface area contributed by atoms with E-state index in [4.69, 9.17) is 0 Å². The molecule has 0 bridgehead atoms. The number of fused-ring (bicyclic) bond motifs is 1. The van der Waals surface area contributed by atoms with Crippen LogP contribution in [0, 0.1) is 11.8 Å². The molecule has 0 radical (unpaired) electrons. The Balaban J connectivity index is 2.06. The highest BCUT2D eigenvalue weighted by Crippen LogP contribution is 2.43. The van der Waals surface area contributed by atoms with Gasteiger partial charge in [-0.05, 0) is 5.92 Å². The molecule has 0 amide bonds. The normalized spacial score (nSPS) is 54.6. The minimum absolute atomic E-state index is 0.389. The fourth-order valence-corrected chi connectivity index (χ4v) is 1.25. The monoisotopic (exact) mass is 97.1 g/mol. The third kappa shape index (κ3) is 0.268. The van der Waals surface area contributed by atoms with Gasteiger partial charge in [-0.25, -0.2) is 0 Å². The van der Waals surface area contributed by atoms with Gasteiger partial charge in [0.2, 0.25) is 0 Å². The first-order valence-corrected chi connectivity index (χ1v) is 2.62. The first-order chi connectivity index (χ1) is 3.43. The first-order valence-electron chi connectivity index (χ1n) is 2.62. The van der Waals surface area contributed by atoms with E-state index in [-0.39, 0.29) is 0 Å². The number of rotatable bonds is 1. The molecule has 1 aliphatic carbocycles. The molecule has 0 aromatic carbocycles. The molecule has 2 rings (SSSR count). The predicted octanol–water partition coefficient (Wildman–Crippen LogP) is -0.597. The number of carbonyl (C=O) groups excluding carboxylic acids is 1. The van der Waals surface area contributed by atoms with Gasteiger partial charge in [0.15, 0.2) is 0 Å².